The lowest BCUT2D eigenvalue weighted by molar-refractivity contribution is -0.0648. The fraction of sp³-hybridized carbons (Fsp3) is 0.812. The third kappa shape index (κ3) is 2.89. The molecule has 2 fully saturated rings. The highest BCUT2D eigenvalue weighted by Crippen LogP contribution is 2.42. The number of nitrogens with zero attached hydrogens (tertiary/aromatic N) is 3. The van der Waals surface area contributed by atoms with Crippen LogP contribution in [0.5, 0.6) is 0 Å². The monoisotopic (exact) mass is 290 g/mol. The van der Waals surface area contributed by atoms with Crippen LogP contribution in [0, 0.1) is 5.92 Å². The second-order valence-corrected chi connectivity index (χ2v) is 6.76. The van der Waals surface area contributed by atoms with Crippen LogP contribution in [0.25, 0.3) is 0 Å². The smallest absolute Gasteiger partial charge is 0.223 e. The second kappa shape index (κ2) is 5.87. The Kier molecular flexibility index (Phi) is 4.11. The average Bonchev–Trinajstić information content (AvgIpc) is 3.00. The topological polar surface area (TPSA) is 73.9 Å². The van der Waals surface area contributed by atoms with Crippen LogP contribution in [-0.4, -0.2) is 22.1 Å². The van der Waals surface area contributed by atoms with Crippen LogP contribution in [0.2, 0.25) is 0 Å². The summed E-state index contributed by atoms with van der Waals surface area (Å²) in [5, 5.41) is 0. The van der Waals surface area contributed by atoms with Crippen molar-refractivity contribution in [2.45, 2.75) is 69.8 Å². The van der Waals surface area contributed by atoms with Crippen LogP contribution in [0.4, 0.5) is 5.95 Å². The molecule has 5 nitrogen and oxygen atoms in total. The van der Waals surface area contributed by atoms with E-state index in [2.05, 4.69) is 16.9 Å². The number of hydrogen-bond acceptors (Lipinski definition) is 5. The molecule has 1 aromatic rings. The van der Waals surface area contributed by atoms with Crippen LogP contribution in [-0.2, 0) is 10.3 Å². The largest absolute Gasteiger partial charge is 0.370 e. The molecule has 2 aliphatic carbocycles. The highest BCUT2D eigenvalue weighted by atomic mass is 16.5. The summed E-state index contributed by atoms with van der Waals surface area (Å²) >= 11 is 0. The van der Waals surface area contributed by atoms with Crippen molar-refractivity contribution in [2.75, 3.05) is 12.8 Å². The molecule has 5 heteroatoms. The summed E-state index contributed by atoms with van der Waals surface area (Å²) < 4.78 is 5.90. The fourth-order valence-electron chi connectivity index (χ4n) is 3.96. The molecule has 1 aromatic heterocycles. The summed E-state index contributed by atoms with van der Waals surface area (Å²) in [6.45, 7) is 2.27. The van der Waals surface area contributed by atoms with Gasteiger partial charge in [0, 0.05) is 13.0 Å². The molecule has 0 amide bonds. The van der Waals surface area contributed by atoms with E-state index < -0.39 is 0 Å². The van der Waals surface area contributed by atoms with Gasteiger partial charge in [0.05, 0.1) is 0 Å². The van der Waals surface area contributed by atoms with Crippen molar-refractivity contribution in [1.29, 1.82) is 0 Å². The zero-order valence-corrected chi connectivity index (χ0v) is 13.1. The first-order valence-corrected chi connectivity index (χ1v) is 8.20. The second-order valence-electron chi connectivity index (χ2n) is 6.76. The molecule has 2 unspecified atom stereocenters. The molecule has 0 bridgehead atoms. The van der Waals surface area contributed by atoms with Crippen molar-refractivity contribution in [3.63, 3.8) is 0 Å². The van der Waals surface area contributed by atoms with Crippen molar-refractivity contribution in [2.24, 2.45) is 5.92 Å². The molecule has 0 spiro atoms. The quantitative estimate of drug-likeness (QED) is 0.925. The molecule has 2 N–H and O–H groups in total. The number of hydrogen-bond donors (Lipinski definition) is 1. The summed E-state index contributed by atoms with van der Waals surface area (Å²) in [6.07, 6.45) is 9.20. The van der Waals surface area contributed by atoms with E-state index in [-0.39, 0.29) is 5.60 Å². The van der Waals surface area contributed by atoms with Gasteiger partial charge in [-0.15, -0.1) is 0 Å². The zero-order chi connectivity index (χ0) is 14.9. The Hall–Kier alpha value is -1.23. The van der Waals surface area contributed by atoms with E-state index in [0.29, 0.717) is 17.8 Å². The van der Waals surface area contributed by atoms with E-state index in [1.165, 1.54) is 32.1 Å². The van der Waals surface area contributed by atoms with Crippen LogP contribution < -0.4 is 5.73 Å². The van der Waals surface area contributed by atoms with E-state index in [0.717, 1.165) is 30.9 Å². The average molecular weight is 290 g/mol. The first kappa shape index (κ1) is 14.7. The van der Waals surface area contributed by atoms with Crippen LogP contribution >= 0.6 is 0 Å². The van der Waals surface area contributed by atoms with Gasteiger partial charge in [-0.2, -0.15) is 9.97 Å². The lowest BCUT2D eigenvalue weighted by Gasteiger charge is -2.37. The fourth-order valence-corrected chi connectivity index (χ4v) is 3.96. The van der Waals surface area contributed by atoms with Gasteiger partial charge in [-0.25, -0.2) is 4.98 Å². The maximum Gasteiger partial charge on any atom is 0.223 e. The number of nitrogens with two attached hydrogens (primary N) is 1. The Morgan fingerprint density at radius 3 is 2.52 bits per heavy atom. The van der Waals surface area contributed by atoms with E-state index >= 15 is 0 Å². The summed E-state index contributed by atoms with van der Waals surface area (Å²) in [5.74, 6) is 3.06. The Labute approximate surface area is 126 Å². The Morgan fingerprint density at radius 1 is 1.10 bits per heavy atom. The van der Waals surface area contributed by atoms with Gasteiger partial charge in [0.2, 0.25) is 5.95 Å². The maximum absolute atomic E-state index is 5.96. The molecule has 0 saturated heterocycles. The molecule has 21 heavy (non-hydrogen) atoms. The number of rotatable bonds is 3. The number of anilines is 1. The predicted octanol–water partition coefficient (Wildman–Crippen LogP) is 3.16. The van der Waals surface area contributed by atoms with Gasteiger partial charge in [0.25, 0.3) is 0 Å². The molecule has 0 aromatic carbocycles. The number of ether oxygens (including phenoxy) is 1. The minimum absolute atomic E-state index is 0.344. The first-order valence-electron chi connectivity index (χ1n) is 8.20. The van der Waals surface area contributed by atoms with Crippen molar-refractivity contribution in [3.8, 4) is 0 Å². The van der Waals surface area contributed by atoms with Gasteiger partial charge in [-0.05, 0) is 38.0 Å². The molecular weight excluding hydrogens is 264 g/mol. The summed E-state index contributed by atoms with van der Waals surface area (Å²) in [6, 6.07) is 0. The van der Waals surface area contributed by atoms with Gasteiger partial charge < -0.3 is 10.5 Å². The summed E-state index contributed by atoms with van der Waals surface area (Å²) in [7, 11) is 1.77. The Bertz CT molecular complexity index is 501. The van der Waals surface area contributed by atoms with Gasteiger partial charge >= 0.3 is 0 Å². The molecule has 116 valence electrons. The standard InChI is InChI=1S/C16H26N4O/c1-11-6-5-9-16(10-11,21-2)14-18-13(19-15(17)20-14)12-7-3-4-8-12/h11-12H,3-10H2,1-2H3,(H2,17,18,19,20). The number of aromatic nitrogens is 3. The third-order valence-electron chi connectivity index (χ3n) is 5.14. The number of nitrogen functional groups attached to an aromatic ring is 1. The molecule has 0 aliphatic heterocycles. The molecule has 0 radical (unpaired) electrons. The van der Waals surface area contributed by atoms with Crippen molar-refractivity contribution < 1.29 is 4.74 Å². The molecule has 1 heterocycles. The summed E-state index contributed by atoms with van der Waals surface area (Å²) in [5.41, 5.74) is 5.59. The van der Waals surface area contributed by atoms with Gasteiger partial charge in [-0.3, -0.25) is 0 Å². The molecular formula is C16H26N4O. The minimum atomic E-state index is -0.373. The Morgan fingerprint density at radius 2 is 1.86 bits per heavy atom. The van der Waals surface area contributed by atoms with Crippen LogP contribution in [0.3, 0.4) is 0 Å². The first-order chi connectivity index (χ1) is 10.1. The lowest BCUT2D eigenvalue weighted by atomic mass is 9.78. The lowest BCUT2D eigenvalue weighted by Crippen LogP contribution is -2.36. The zero-order valence-electron chi connectivity index (χ0n) is 13.1. The van der Waals surface area contributed by atoms with E-state index in [1.54, 1.807) is 7.11 Å². The minimum Gasteiger partial charge on any atom is -0.370 e. The number of methoxy groups -OCH3 is 1. The highest BCUT2D eigenvalue weighted by molar-refractivity contribution is 5.21. The molecule has 3 rings (SSSR count). The summed E-state index contributed by atoms with van der Waals surface area (Å²) in [4.78, 5) is 13.6. The molecule has 2 aliphatic rings. The van der Waals surface area contributed by atoms with Crippen molar-refractivity contribution in [1.82, 2.24) is 15.0 Å². The SMILES string of the molecule is COC1(c2nc(N)nc(C3CCCC3)n2)CCCC(C)C1. The Balaban J connectivity index is 1.96. The highest BCUT2D eigenvalue weighted by Gasteiger charge is 2.40. The molecule has 2 saturated carbocycles. The van der Waals surface area contributed by atoms with Gasteiger partial charge in [-0.1, -0.05) is 26.2 Å². The van der Waals surface area contributed by atoms with Crippen molar-refractivity contribution >= 4 is 5.95 Å². The predicted molar refractivity (Wildman–Crippen MR) is 81.8 cm³/mol. The van der Waals surface area contributed by atoms with Crippen molar-refractivity contribution in [3.05, 3.63) is 11.6 Å². The van der Waals surface area contributed by atoms with Gasteiger partial charge in [0.1, 0.15) is 11.4 Å². The van der Waals surface area contributed by atoms with Gasteiger partial charge in [0.15, 0.2) is 5.82 Å². The maximum atomic E-state index is 5.96. The van der Waals surface area contributed by atoms with E-state index in [1.807, 2.05) is 0 Å². The van der Waals surface area contributed by atoms with Crippen LogP contribution in [0.1, 0.15) is 75.9 Å². The van der Waals surface area contributed by atoms with E-state index in [4.69, 9.17) is 15.5 Å². The normalized spacial score (nSPS) is 30.7. The third-order valence-corrected chi connectivity index (χ3v) is 5.14. The van der Waals surface area contributed by atoms with E-state index in [9.17, 15) is 0 Å². The van der Waals surface area contributed by atoms with Crippen LogP contribution in [0.15, 0.2) is 0 Å². The molecule has 2 atom stereocenters.